The Bertz CT molecular complexity index is 930. The van der Waals surface area contributed by atoms with E-state index in [0.29, 0.717) is 6.04 Å². The second-order valence-electron chi connectivity index (χ2n) is 9.92. The number of para-hydroxylation sites is 2. The predicted octanol–water partition coefficient (Wildman–Crippen LogP) is 9.83. The first kappa shape index (κ1) is 40.8. The van der Waals surface area contributed by atoms with Crippen molar-refractivity contribution in [1.82, 2.24) is 10.6 Å². The molecule has 1 atom stereocenters. The molecule has 0 aliphatic carbocycles. The lowest BCUT2D eigenvalue weighted by atomic mass is 9.94. The number of hydrogen-bond acceptors (Lipinski definition) is 5. The van der Waals surface area contributed by atoms with Crippen LogP contribution in [0.4, 0.5) is 16.4 Å². The first-order valence-electron chi connectivity index (χ1n) is 13.8. The van der Waals surface area contributed by atoms with Gasteiger partial charge in [-0.05, 0) is 103 Å². The number of aliphatic imine (C=N–C) groups is 1. The van der Waals surface area contributed by atoms with Crippen LogP contribution in [0.3, 0.4) is 0 Å². The zero-order chi connectivity index (χ0) is 30.9. The van der Waals surface area contributed by atoms with Crippen LogP contribution in [0.15, 0.2) is 59.6 Å². The smallest absolute Gasteiger partial charge is 0.0959 e. The number of anilines is 2. The molecule has 1 unspecified atom stereocenters. The Labute approximate surface area is 246 Å². The third-order valence-electron chi connectivity index (χ3n) is 5.35. The monoisotopic (exact) mass is 554 g/mol. The van der Waals surface area contributed by atoms with Crippen LogP contribution in [0.1, 0.15) is 85.6 Å². The topological polar surface area (TPSA) is 48.5 Å². The van der Waals surface area contributed by atoms with E-state index in [9.17, 15) is 0 Å². The van der Waals surface area contributed by atoms with Crippen LogP contribution >= 0.6 is 11.3 Å². The minimum absolute atomic E-state index is 0.186. The summed E-state index contributed by atoms with van der Waals surface area (Å²) in [5, 5.41) is 11.0. The fourth-order valence-corrected chi connectivity index (χ4v) is 4.00. The van der Waals surface area contributed by atoms with E-state index in [1.54, 1.807) is 6.08 Å². The van der Waals surface area contributed by atoms with Gasteiger partial charge in [-0.1, -0.05) is 64.5 Å². The van der Waals surface area contributed by atoms with E-state index in [1.165, 1.54) is 33.9 Å². The fraction of sp³-hybridized carbons (Fsp3) is 0.500. The number of nitrogens with zero attached hydrogens (tertiary/aromatic N) is 1. The molecule has 0 saturated heterocycles. The second-order valence-corrected chi connectivity index (χ2v) is 11.0. The van der Waals surface area contributed by atoms with Crippen LogP contribution in [-0.4, -0.2) is 32.9 Å². The van der Waals surface area contributed by atoms with Crippen molar-refractivity contribution < 1.29 is 0 Å². The lowest BCUT2D eigenvalue weighted by Crippen LogP contribution is -2.25. The van der Waals surface area contributed by atoms with Crippen molar-refractivity contribution in [2.75, 3.05) is 25.5 Å². The van der Waals surface area contributed by atoms with E-state index >= 15 is 0 Å². The van der Waals surface area contributed by atoms with Crippen molar-refractivity contribution in [3.63, 3.8) is 0 Å². The Kier molecular flexibility index (Phi) is 26.8. The number of aryl methyl sites for hydroxylation is 1. The summed E-state index contributed by atoms with van der Waals surface area (Å²) in [6.07, 6.45) is 14.4. The highest BCUT2D eigenvalue weighted by Crippen LogP contribution is 2.38. The molecule has 220 valence electrons. The molecule has 2 rings (SSSR count). The molecule has 4 nitrogen and oxygen atoms in total. The summed E-state index contributed by atoms with van der Waals surface area (Å²) in [4.78, 5) is 5.43. The summed E-state index contributed by atoms with van der Waals surface area (Å²) in [6, 6.07) is 10.9. The molecule has 0 bridgehead atoms. The van der Waals surface area contributed by atoms with Crippen LogP contribution in [0.2, 0.25) is 0 Å². The van der Waals surface area contributed by atoms with E-state index in [0.717, 1.165) is 24.5 Å². The van der Waals surface area contributed by atoms with Crippen molar-refractivity contribution in [2.45, 2.75) is 93.5 Å². The molecule has 0 radical (unpaired) electrons. The molecule has 0 aliphatic heterocycles. The highest BCUT2D eigenvalue weighted by molar-refractivity contribution is 7.16. The Balaban J connectivity index is -0.000000549. The van der Waals surface area contributed by atoms with Crippen LogP contribution in [-0.2, 0) is 5.41 Å². The second kappa shape index (κ2) is 25.6. The molecule has 0 amide bonds. The van der Waals surface area contributed by atoms with Gasteiger partial charge in [-0.25, -0.2) is 0 Å². The van der Waals surface area contributed by atoms with Crippen LogP contribution in [0.25, 0.3) is 0 Å². The molecule has 1 heterocycles. The number of allylic oxidation sites excluding steroid dienone is 3. The van der Waals surface area contributed by atoms with Gasteiger partial charge < -0.3 is 16.0 Å². The normalized spacial score (nSPS) is 10.9. The molecular formula is C34H58N4S. The lowest BCUT2D eigenvalue weighted by Gasteiger charge is -2.15. The van der Waals surface area contributed by atoms with Crippen molar-refractivity contribution in [3.05, 3.63) is 65.1 Å². The molecule has 0 aliphatic rings. The van der Waals surface area contributed by atoms with Gasteiger partial charge in [0.1, 0.15) is 0 Å². The first-order chi connectivity index (χ1) is 18.4. The van der Waals surface area contributed by atoms with Gasteiger partial charge in [-0.2, -0.15) is 0 Å². The average molecular weight is 555 g/mol. The van der Waals surface area contributed by atoms with Crippen molar-refractivity contribution >= 4 is 34.4 Å². The Morgan fingerprint density at radius 2 is 1.67 bits per heavy atom. The highest BCUT2D eigenvalue weighted by Gasteiger charge is 2.18. The maximum absolute atomic E-state index is 4.04. The van der Waals surface area contributed by atoms with Gasteiger partial charge >= 0.3 is 0 Å². The number of terminal acetylenes is 1. The van der Waals surface area contributed by atoms with Crippen LogP contribution in [0.5, 0.6) is 0 Å². The largest absolute Gasteiger partial charge is 0.345 e. The molecule has 3 N–H and O–H groups in total. The molecule has 0 spiro atoms. The number of thiophene rings is 1. The van der Waals surface area contributed by atoms with Gasteiger partial charge in [0.25, 0.3) is 0 Å². The first-order valence-corrected chi connectivity index (χ1v) is 14.6. The molecule has 1 aromatic heterocycles. The molecule has 2 aromatic rings. The summed E-state index contributed by atoms with van der Waals surface area (Å²) in [6.45, 7) is 30.6. The third-order valence-corrected chi connectivity index (χ3v) is 6.93. The minimum Gasteiger partial charge on any atom is -0.345 e. The molecular weight excluding hydrogens is 496 g/mol. The molecule has 39 heavy (non-hydrogen) atoms. The number of nitrogens with one attached hydrogen (secondary N) is 3. The van der Waals surface area contributed by atoms with Gasteiger partial charge in [0, 0.05) is 10.9 Å². The van der Waals surface area contributed by atoms with Gasteiger partial charge in [-0.3, -0.25) is 4.99 Å². The molecule has 5 heteroatoms. The Morgan fingerprint density at radius 3 is 2.08 bits per heavy atom. The maximum Gasteiger partial charge on any atom is 0.0959 e. The number of benzene rings is 1. The third kappa shape index (κ3) is 20.9. The molecule has 0 fully saturated rings. The highest BCUT2D eigenvalue weighted by atomic mass is 32.1. The van der Waals surface area contributed by atoms with Gasteiger partial charge in [-0.15, -0.1) is 30.8 Å². The summed E-state index contributed by atoms with van der Waals surface area (Å²) in [5.74, 6) is 0. The van der Waals surface area contributed by atoms with Crippen molar-refractivity contribution in [3.8, 4) is 12.8 Å². The van der Waals surface area contributed by atoms with Gasteiger partial charge in [0.05, 0.1) is 16.4 Å². The van der Waals surface area contributed by atoms with Crippen molar-refractivity contribution in [1.29, 1.82) is 0 Å². The summed E-state index contributed by atoms with van der Waals surface area (Å²) in [5.41, 5.74) is 4.84. The van der Waals surface area contributed by atoms with Gasteiger partial charge in [0.15, 0.2) is 0 Å². The maximum atomic E-state index is 4.04. The van der Waals surface area contributed by atoms with Crippen LogP contribution < -0.4 is 16.0 Å². The fourth-order valence-electron chi connectivity index (χ4n) is 2.85. The standard InChI is InChI=1S/C16H20N2S.C10H21N.C3H9N.C3H6.C2H2/c1-11-10-14(16(2,3)4)19-15(11)18-13-9-7-6-8-12(13)17-5;1-5-9(3)7-8-10(4)11-6-2;1-3-4-2;1-3-2;1-2/h6-10,18H,5H2,1-4H3;5,10-11H,6-8H2,1-4H3;4H,3H2,1-2H3;3H,1H2,2H3;1-2H/b;9-5+;;;. The quantitative estimate of drug-likeness (QED) is 0.164. The number of rotatable bonds is 9. The SMILES string of the molecule is C#C.C/C=C(\C)CCC(C)NCC.C=CC.C=Nc1ccccc1Nc1sc(C(C)(C)C)cc1C.CCNC. The Morgan fingerprint density at radius 1 is 1.13 bits per heavy atom. The summed E-state index contributed by atoms with van der Waals surface area (Å²) < 4.78 is 0. The van der Waals surface area contributed by atoms with E-state index in [-0.39, 0.29) is 5.41 Å². The summed E-state index contributed by atoms with van der Waals surface area (Å²) in [7, 11) is 1.93. The van der Waals surface area contributed by atoms with E-state index in [1.807, 2.05) is 49.6 Å². The Hall–Kier alpha value is -2.65. The lowest BCUT2D eigenvalue weighted by molar-refractivity contribution is 0.529. The van der Waals surface area contributed by atoms with E-state index in [2.05, 4.69) is 122 Å². The molecule has 1 aromatic carbocycles. The zero-order valence-corrected chi connectivity index (χ0v) is 27.7. The van der Waals surface area contributed by atoms with Crippen LogP contribution in [0, 0.1) is 19.8 Å². The van der Waals surface area contributed by atoms with Gasteiger partial charge in [0.2, 0.25) is 0 Å². The molecule has 0 saturated carbocycles. The van der Waals surface area contributed by atoms with E-state index in [4.69, 9.17) is 0 Å². The average Bonchev–Trinajstić information content (AvgIpc) is 3.30. The van der Waals surface area contributed by atoms with Crippen molar-refractivity contribution in [2.24, 2.45) is 4.99 Å². The minimum atomic E-state index is 0.186. The zero-order valence-electron chi connectivity index (χ0n) is 26.9. The predicted molar refractivity (Wildman–Crippen MR) is 184 cm³/mol. The van der Waals surface area contributed by atoms with E-state index < -0.39 is 0 Å². The summed E-state index contributed by atoms with van der Waals surface area (Å²) >= 11 is 1.81. The number of hydrogen-bond donors (Lipinski definition) is 3.